The van der Waals surface area contributed by atoms with E-state index in [2.05, 4.69) is 58.9 Å². The summed E-state index contributed by atoms with van der Waals surface area (Å²) in [5.41, 5.74) is 4.36. The lowest BCUT2D eigenvalue weighted by atomic mass is 9.83. The molecule has 0 spiro atoms. The highest BCUT2D eigenvalue weighted by atomic mass is 14.6. The molecule has 2 unspecified atom stereocenters. The van der Waals surface area contributed by atoms with E-state index in [0.717, 1.165) is 6.42 Å². The van der Waals surface area contributed by atoms with Crippen LogP contribution in [0.2, 0.25) is 0 Å². The van der Waals surface area contributed by atoms with E-state index in [9.17, 15) is 0 Å². The van der Waals surface area contributed by atoms with Crippen molar-refractivity contribution in [2.75, 3.05) is 0 Å². The van der Waals surface area contributed by atoms with E-state index >= 15 is 0 Å². The number of aryl methyl sites for hydroxylation is 1. The summed E-state index contributed by atoms with van der Waals surface area (Å²) < 4.78 is 0. The largest absolute Gasteiger partial charge is 0.198 e. The lowest BCUT2D eigenvalue weighted by Crippen LogP contribution is -2.13. The number of hydrogen-bond acceptors (Lipinski definition) is 1. The van der Waals surface area contributed by atoms with Gasteiger partial charge in [-0.3, -0.25) is 0 Å². The molecule has 90 valence electrons. The predicted octanol–water partition coefficient (Wildman–Crippen LogP) is 4.09. The van der Waals surface area contributed by atoms with Crippen molar-refractivity contribution in [3.05, 3.63) is 34.9 Å². The molecule has 1 aromatic rings. The third kappa shape index (κ3) is 1.97. The lowest BCUT2D eigenvalue weighted by molar-refractivity contribution is 0.588. The van der Waals surface area contributed by atoms with Gasteiger partial charge in [-0.25, -0.2) is 0 Å². The van der Waals surface area contributed by atoms with Crippen molar-refractivity contribution in [3.63, 3.8) is 0 Å². The standard InChI is InChI=1S/C16H21N/c1-11-8-12(15(2,3)4)6-7-14(11)16(5)9-13(16)10-17/h6-8,13H,9H2,1-5H3. The van der Waals surface area contributed by atoms with Gasteiger partial charge in [0.2, 0.25) is 0 Å². The second-order valence-electron chi connectivity index (χ2n) is 6.58. The Morgan fingerprint density at radius 1 is 1.35 bits per heavy atom. The summed E-state index contributed by atoms with van der Waals surface area (Å²) in [7, 11) is 0. The van der Waals surface area contributed by atoms with Crippen LogP contribution in [0.5, 0.6) is 0 Å². The van der Waals surface area contributed by atoms with Crippen LogP contribution in [0.3, 0.4) is 0 Å². The van der Waals surface area contributed by atoms with E-state index in [1.807, 2.05) is 0 Å². The molecule has 1 aromatic carbocycles. The van der Waals surface area contributed by atoms with Crippen molar-refractivity contribution in [3.8, 4) is 6.07 Å². The summed E-state index contributed by atoms with van der Waals surface area (Å²) in [6.45, 7) is 11.1. The third-order valence-electron chi connectivity index (χ3n) is 4.10. The zero-order valence-corrected chi connectivity index (χ0v) is 11.5. The van der Waals surface area contributed by atoms with Crippen LogP contribution >= 0.6 is 0 Å². The zero-order chi connectivity index (χ0) is 12.8. The molecule has 0 amide bonds. The molecule has 2 rings (SSSR count). The molecule has 1 nitrogen and oxygen atoms in total. The molecule has 1 aliphatic rings. The molecule has 0 radical (unpaired) electrons. The van der Waals surface area contributed by atoms with E-state index in [1.54, 1.807) is 0 Å². The van der Waals surface area contributed by atoms with Crippen LogP contribution in [0.1, 0.15) is 50.8 Å². The number of nitrogens with zero attached hydrogens (tertiary/aromatic N) is 1. The summed E-state index contributed by atoms with van der Waals surface area (Å²) in [5, 5.41) is 9.03. The van der Waals surface area contributed by atoms with Gasteiger partial charge in [-0.1, -0.05) is 45.9 Å². The van der Waals surface area contributed by atoms with Crippen LogP contribution in [0.25, 0.3) is 0 Å². The number of benzene rings is 1. The summed E-state index contributed by atoms with van der Waals surface area (Å²) in [6, 6.07) is 9.14. The fraction of sp³-hybridized carbons (Fsp3) is 0.562. The average Bonchev–Trinajstić information content (AvgIpc) is 2.89. The fourth-order valence-electron chi connectivity index (χ4n) is 2.62. The van der Waals surface area contributed by atoms with Crippen LogP contribution in [0, 0.1) is 24.2 Å². The first-order chi connectivity index (χ1) is 7.79. The fourth-order valence-corrected chi connectivity index (χ4v) is 2.62. The van der Waals surface area contributed by atoms with Crippen LogP contribution in [-0.4, -0.2) is 0 Å². The minimum atomic E-state index is 0.106. The Kier molecular flexibility index (Phi) is 2.58. The van der Waals surface area contributed by atoms with E-state index in [4.69, 9.17) is 5.26 Å². The quantitative estimate of drug-likeness (QED) is 0.708. The number of rotatable bonds is 1. The molecular formula is C16H21N. The maximum Gasteiger partial charge on any atom is 0.0665 e. The van der Waals surface area contributed by atoms with Gasteiger partial charge in [-0.15, -0.1) is 0 Å². The highest BCUT2D eigenvalue weighted by molar-refractivity contribution is 5.44. The summed E-state index contributed by atoms with van der Waals surface area (Å²) in [5.74, 6) is 0.210. The second-order valence-corrected chi connectivity index (χ2v) is 6.58. The Hall–Kier alpha value is -1.29. The third-order valence-corrected chi connectivity index (χ3v) is 4.10. The molecule has 0 aromatic heterocycles. The minimum absolute atomic E-state index is 0.106. The van der Waals surface area contributed by atoms with Gasteiger partial charge in [0.25, 0.3) is 0 Å². The van der Waals surface area contributed by atoms with Gasteiger partial charge in [0.15, 0.2) is 0 Å². The SMILES string of the molecule is Cc1cc(C(C)(C)C)ccc1C1(C)CC1C#N. The molecule has 1 fully saturated rings. The highest BCUT2D eigenvalue weighted by Gasteiger charge is 2.52. The van der Waals surface area contributed by atoms with Gasteiger partial charge in [-0.05, 0) is 35.4 Å². The molecule has 0 N–H and O–H groups in total. The van der Waals surface area contributed by atoms with Crippen molar-refractivity contribution >= 4 is 0 Å². The van der Waals surface area contributed by atoms with E-state index in [1.165, 1.54) is 16.7 Å². The van der Waals surface area contributed by atoms with Gasteiger partial charge in [0, 0.05) is 5.41 Å². The summed E-state index contributed by atoms with van der Waals surface area (Å²) in [4.78, 5) is 0. The predicted molar refractivity (Wildman–Crippen MR) is 71.0 cm³/mol. The van der Waals surface area contributed by atoms with Gasteiger partial charge < -0.3 is 0 Å². The van der Waals surface area contributed by atoms with Crippen LogP contribution in [0.15, 0.2) is 18.2 Å². The Balaban J connectivity index is 2.38. The van der Waals surface area contributed by atoms with E-state index < -0.39 is 0 Å². The molecule has 1 heteroatoms. The van der Waals surface area contributed by atoms with Gasteiger partial charge in [0.05, 0.1) is 12.0 Å². The molecular weight excluding hydrogens is 206 g/mol. The Labute approximate surface area is 104 Å². The normalized spacial score (nSPS) is 27.6. The summed E-state index contributed by atoms with van der Waals surface area (Å²) in [6.07, 6.45) is 1.01. The molecule has 0 saturated heterocycles. The molecule has 0 heterocycles. The first kappa shape index (κ1) is 12.2. The number of nitriles is 1. The van der Waals surface area contributed by atoms with Crippen molar-refractivity contribution in [1.82, 2.24) is 0 Å². The zero-order valence-electron chi connectivity index (χ0n) is 11.5. The Bertz CT molecular complexity index is 487. The van der Waals surface area contributed by atoms with E-state index in [-0.39, 0.29) is 16.7 Å². The van der Waals surface area contributed by atoms with Crippen molar-refractivity contribution in [1.29, 1.82) is 5.26 Å². The lowest BCUT2D eigenvalue weighted by Gasteiger charge is -2.22. The second kappa shape index (κ2) is 3.60. The molecule has 1 saturated carbocycles. The van der Waals surface area contributed by atoms with Crippen LogP contribution < -0.4 is 0 Å². The van der Waals surface area contributed by atoms with Crippen molar-refractivity contribution < 1.29 is 0 Å². The van der Waals surface area contributed by atoms with E-state index in [0.29, 0.717) is 0 Å². The monoisotopic (exact) mass is 227 g/mol. The topological polar surface area (TPSA) is 23.8 Å². The maximum absolute atomic E-state index is 9.03. The van der Waals surface area contributed by atoms with Gasteiger partial charge in [-0.2, -0.15) is 5.26 Å². The average molecular weight is 227 g/mol. The maximum atomic E-state index is 9.03. The smallest absolute Gasteiger partial charge is 0.0665 e. The highest BCUT2D eigenvalue weighted by Crippen LogP contribution is 2.54. The van der Waals surface area contributed by atoms with Crippen LogP contribution in [0.4, 0.5) is 0 Å². The summed E-state index contributed by atoms with van der Waals surface area (Å²) >= 11 is 0. The molecule has 1 aliphatic carbocycles. The number of hydrogen-bond donors (Lipinski definition) is 0. The van der Waals surface area contributed by atoms with Crippen molar-refractivity contribution in [2.24, 2.45) is 5.92 Å². The van der Waals surface area contributed by atoms with Gasteiger partial charge in [0.1, 0.15) is 0 Å². The minimum Gasteiger partial charge on any atom is -0.198 e. The Morgan fingerprint density at radius 2 is 2.00 bits per heavy atom. The Morgan fingerprint density at radius 3 is 2.41 bits per heavy atom. The first-order valence-corrected chi connectivity index (χ1v) is 6.30. The molecule has 0 bridgehead atoms. The molecule has 0 aliphatic heterocycles. The van der Waals surface area contributed by atoms with Gasteiger partial charge >= 0.3 is 0 Å². The molecule has 2 atom stereocenters. The van der Waals surface area contributed by atoms with Crippen molar-refractivity contribution in [2.45, 2.75) is 51.9 Å². The first-order valence-electron chi connectivity index (χ1n) is 6.30. The van der Waals surface area contributed by atoms with Crippen LogP contribution in [-0.2, 0) is 10.8 Å². The molecule has 17 heavy (non-hydrogen) atoms.